The van der Waals surface area contributed by atoms with Gasteiger partial charge in [0.25, 0.3) is 30.4 Å². The zero-order chi connectivity index (χ0) is 51.2. The Balaban J connectivity index is 1.64. The maximum Gasteiger partial charge on any atom is 0.311 e. The predicted molar refractivity (Wildman–Crippen MR) is 251 cm³/mol. The Morgan fingerprint density at radius 1 is 0.812 bits per heavy atom. The SMILES string of the molecule is COCCN1/C(=C/C=C/C=C/C=C/C(=NCCCCCC(=O)Oc2c(F)c(F)cc(F)c2F)C(C)(CCOC)c2cccc(S(=O)(=O)O)c2)C(C)(CCCS(=O)(=O)O)c2cc(S(=O)(=O)OC)ccc21. The summed E-state index contributed by atoms with van der Waals surface area (Å²) in [7, 11) is -8.90. The fraction of sp³-hybridized carbons (Fsp3) is 0.404. The number of anilines is 1. The molecule has 0 amide bonds. The number of benzene rings is 3. The van der Waals surface area contributed by atoms with Crippen LogP contribution in [0.3, 0.4) is 0 Å². The molecule has 3 aromatic carbocycles. The van der Waals surface area contributed by atoms with Crippen LogP contribution in [0.2, 0.25) is 0 Å². The van der Waals surface area contributed by atoms with Crippen molar-refractivity contribution in [3.05, 3.63) is 131 Å². The van der Waals surface area contributed by atoms with Crippen molar-refractivity contribution in [2.24, 2.45) is 4.99 Å². The molecule has 0 aromatic heterocycles. The van der Waals surface area contributed by atoms with E-state index in [0.717, 1.165) is 7.11 Å². The van der Waals surface area contributed by atoms with Gasteiger partial charge >= 0.3 is 5.97 Å². The molecule has 2 N–H and O–H groups in total. The number of nitrogens with zero attached hydrogens (tertiary/aromatic N) is 2. The van der Waals surface area contributed by atoms with Crippen LogP contribution < -0.4 is 9.64 Å². The molecule has 0 fully saturated rings. The van der Waals surface area contributed by atoms with Crippen molar-refractivity contribution in [3.63, 3.8) is 0 Å². The number of hydrogen-bond donors (Lipinski definition) is 2. The van der Waals surface area contributed by atoms with Crippen LogP contribution in [0.25, 0.3) is 0 Å². The van der Waals surface area contributed by atoms with E-state index in [-0.39, 0.29) is 61.3 Å². The van der Waals surface area contributed by atoms with Crippen molar-refractivity contribution < 1.29 is 75.1 Å². The first kappa shape index (κ1) is 56.5. The number of carbonyl (C=O) groups is 1. The van der Waals surface area contributed by atoms with E-state index in [9.17, 15) is 56.7 Å². The first-order valence-corrected chi connectivity index (χ1v) is 25.9. The van der Waals surface area contributed by atoms with Crippen LogP contribution in [0.5, 0.6) is 5.75 Å². The van der Waals surface area contributed by atoms with Crippen molar-refractivity contribution in [2.75, 3.05) is 58.3 Å². The molecule has 69 heavy (non-hydrogen) atoms. The molecule has 2 atom stereocenters. The fourth-order valence-corrected chi connectivity index (χ4v) is 9.49. The van der Waals surface area contributed by atoms with Gasteiger partial charge in [-0.15, -0.1) is 0 Å². The first-order valence-electron chi connectivity index (χ1n) is 21.5. The minimum absolute atomic E-state index is 0.00183. The third-order valence-corrected chi connectivity index (χ3v) is 14.4. The lowest BCUT2D eigenvalue weighted by Crippen LogP contribution is -2.33. The number of unbranched alkanes of at least 4 members (excludes halogenated alkanes) is 2. The maximum atomic E-state index is 14.0. The van der Waals surface area contributed by atoms with E-state index in [0.29, 0.717) is 54.0 Å². The Bertz CT molecular complexity index is 2790. The molecule has 3 aromatic rings. The summed E-state index contributed by atoms with van der Waals surface area (Å²) < 4.78 is 168. The molecule has 1 aliphatic heterocycles. The average molecular weight is 1030 g/mol. The number of halogens is 4. The summed E-state index contributed by atoms with van der Waals surface area (Å²) in [6.07, 6.45) is 13.3. The van der Waals surface area contributed by atoms with Crippen LogP contribution >= 0.6 is 0 Å². The van der Waals surface area contributed by atoms with E-state index in [2.05, 4.69) is 4.74 Å². The van der Waals surface area contributed by atoms with Gasteiger partial charge in [0.2, 0.25) is 17.4 Å². The lowest BCUT2D eigenvalue weighted by Gasteiger charge is -2.31. The van der Waals surface area contributed by atoms with Gasteiger partial charge < -0.3 is 19.1 Å². The van der Waals surface area contributed by atoms with Gasteiger partial charge in [0.05, 0.1) is 29.3 Å². The molecule has 1 aliphatic rings. The number of allylic oxidation sites excluding steroid dienone is 8. The van der Waals surface area contributed by atoms with Crippen molar-refractivity contribution in [1.82, 2.24) is 0 Å². The minimum atomic E-state index is -4.58. The molecule has 0 spiro atoms. The van der Waals surface area contributed by atoms with Gasteiger partial charge in [-0.05, 0) is 99.6 Å². The molecule has 0 saturated heterocycles. The number of rotatable bonds is 26. The molecular weight excluding hydrogens is 973 g/mol. The second-order valence-corrected chi connectivity index (χ2v) is 21.0. The molecule has 0 aliphatic carbocycles. The molecule has 0 bridgehead atoms. The highest BCUT2D eigenvalue weighted by atomic mass is 32.2. The van der Waals surface area contributed by atoms with E-state index < -0.39 is 81.9 Å². The molecule has 2 unspecified atom stereocenters. The average Bonchev–Trinajstić information content (AvgIpc) is 3.52. The van der Waals surface area contributed by atoms with Crippen LogP contribution in [-0.2, 0) is 59.6 Å². The quantitative estimate of drug-likeness (QED) is 0.00890. The van der Waals surface area contributed by atoms with Gasteiger partial charge in [-0.1, -0.05) is 48.9 Å². The summed E-state index contributed by atoms with van der Waals surface area (Å²) in [5.74, 6) is -10.2. The Morgan fingerprint density at radius 2 is 1.48 bits per heavy atom. The van der Waals surface area contributed by atoms with Crippen LogP contribution in [0.4, 0.5) is 23.2 Å². The van der Waals surface area contributed by atoms with E-state index in [1.54, 1.807) is 48.6 Å². The standard InChI is InChI=1S/C47H56F4N2O13S3/c1-46(24-27-63-3,33-16-14-17-34(30-33)68(58,59)60)40(52-25-13-9-12-20-42(54)66-45-43(50)37(48)32-38(49)44(45)51)18-10-7-6-8-11-19-41-47(2,23-15-29-67(55,56)57)36-31-35(69(61,62)65-5)21-22-39(36)53(41)26-28-64-4/h6-8,10-11,14,16-19,21-22,30-32H,9,12-13,15,20,23-29H2,1-5H3,(H,55,56,57)(H,58,59,60)/b7-6+,11-8+,18-10+,41-19+,52-40?. The van der Waals surface area contributed by atoms with Gasteiger partial charge in [0.1, 0.15) is 0 Å². The lowest BCUT2D eigenvalue weighted by molar-refractivity contribution is -0.135. The number of aliphatic imine (C=N–C) groups is 1. The monoisotopic (exact) mass is 1030 g/mol. The van der Waals surface area contributed by atoms with Crippen LogP contribution in [0.1, 0.15) is 69.9 Å². The fourth-order valence-electron chi connectivity index (χ4n) is 7.76. The summed E-state index contributed by atoms with van der Waals surface area (Å²) in [5.41, 5.74) is 1.03. The van der Waals surface area contributed by atoms with Gasteiger partial charge in [-0.2, -0.15) is 34.0 Å². The molecule has 15 nitrogen and oxygen atoms in total. The summed E-state index contributed by atoms with van der Waals surface area (Å²) in [4.78, 5) is 18.7. The zero-order valence-corrected chi connectivity index (χ0v) is 41.1. The second-order valence-electron chi connectivity index (χ2n) is 16.3. The van der Waals surface area contributed by atoms with Crippen molar-refractivity contribution in [1.29, 1.82) is 0 Å². The maximum absolute atomic E-state index is 14.0. The molecule has 0 radical (unpaired) electrons. The lowest BCUT2D eigenvalue weighted by atomic mass is 9.75. The minimum Gasteiger partial charge on any atom is -0.420 e. The third-order valence-electron chi connectivity index (χ3n) is 11.5. The van der Waals surface area contributed by atoms with Gasteiger partial charge in [-0.25, -0.2) is 8.78 Å². The van der Waals surface area contributed by atoms with Gasteiger partial charge in [0.15, 0.2) is 11.6 Å². The second kappa shape index (κ2) is 24.7. The van der Waals surface area contributed by atoms with Crippen LogP contribution in [0.15, 0.2) is 112 Å². The highest BCUT2D eigenvalue weighted by molar-refractivity contribution is 7.86. The number of hydrogen-bond acceptors (Lipinski definition) is 13. The summed E-state index contributed by atoms with van der Waals surface area (Å²) in [6, 6.07) is 10.3. The number of methoxy groups -OCH3 is 2. The number of fused-ring (bicyclic) bond motifs is 1. The first-order chi connectivity index (χ1) is 32.4. The molecule has 4 rings (SSSR count). The largest absolute Gasteiger partial charge is 0.420 e. The van der Waals surface area contributed by atoms with Gasteiger partial charge in [0, 0.05) is 74.3 Å². The van der Waals surface area contributed by atoms with E-state index >= 15 is 0 Å². The Hall–Kier alpha value is -5.07. The number of ether oxygens (including phenoxy) is 3. The summed E-state index contributed by atoms with van der Waals surface area (Å²) in [5, 5.41) is 0. The van der Waals surface area contributed by atoms with Crippen LogP contribution in [-0.4, -0.2) is 99.4 Å². The highest BCUT2D eigenvalue weighted by Gasteiger charge is 2.44. The zero-order valence-electron chi connectivity index (χ0n) is 38.7. The molecule has 378 valence electrons. The van der Waals surface area contributed by atoms with E-state index in [4.69, 9.17) is 18.6 Å². The summed E-state index contributed by atoms with van der Waals surface area (Å²) >= 11 is 0. The Labute approximate surface area is 400 Å². The third kappa shape index (κ3) is 15.0. The number of esters is 1. The number of carbonyl (C=O) groups excluding carboxylic acids is 1. The van der Waals surface area contributed by atoms with E-state index in [1.165, 1.54) is 44.6 Å². The Morgan fingerprint density at radius 3 is 2.12 bits per heavy atom. The van der Waals surface area contributed by atoms with E-state index in [1.807, 2.05) is 24.8 Å². The molecule has 1 heterocycles. The van der Waals surface area contributed by atoms with Crippen LogP contribution in [0, 0.1) is 23.3 Å². The van der Waals surface area contributed by atoms with Crippen molar-refractivity contribution in [3.8, 4) is 5.75 Å². The predicted octanol–water partition coefficient (Wildman–Crippen LogP) is 8.37. The molecule has 0 saturated carbocycles. The summed E-state index contributed by atoms with van der Waals surface area (Å²) in [6.45, 7) is 4.74. The normalized spacial score (nSPS) is 17.4. The Kier molecular flexibility index (Phi) is 20.2. The van der Waals surface area contributed by atoms with Gasteiger partial charge in [-0.3, -0.25) is 23.1 Å². The molecular formula is C47H56F4N2O13S3. The molecule has 22 heteroatoms. The topological polar surface area (TPSA) is 212 Å². The smallest absolute Gasteiger partial charge is 0.311 e. The highest BCUT2D eigenvalue weighted by Crippen LogP contribution is 2.51. The van der Waals surface area contributed by atoms with Crippen molar-refractivity contribution in [2.45, 2.75) is 79.4 Å². The van der Waals surface area contributed by atoms with Crippen molar-refractivity contribution >= 4 is 47.7 Å².